The summed E-state index contributed by atoms with van der Waals surface area (Å²) in [7, 11) is 0. The van der Waals surface area contributed by atoms with Crippen LogP contribution in [0.15, 0.2) is 66.4 Å². The van der Waals surface area contributed by atoms with Crippen molar-refractivity contribution in [1.82, 2.24) is 28.9 Å². The summed E-state index contributed by atoms with van der Waals surface area (Å²) in [5.74, 6) is 0.237. The molecule has 196 valence electrons. The molecule has 4 heterocycles. The molecule has 0 radical (unpaired) electrons. The second-order valence-electron chi connectivity index (χ2n) is 8.96. The minimum absolute atomic E-state index is 0.00545. The predicted octanol–water partition coefficient (Wildman–Crippen LogP) is 4.02. The van der Waals surface area contributed by atoms with E-state index >= 15 is 0 Å². The number of amides is 2. The molecule has 0 atom stereocenters. The van der Waals surface area contributed by atoms with Crippen LogP contribution in [-0.2, 0) is 4.74 Å². The average Bonchev–Trinajstić information content (AvgIpc) is 3.68. The van der Waals surface area contributed by atoms with Crippen molar-refractivity contribution in [2.45, 2.75) is 6.92 Å². The van der Waals surface area contributed by atoms with Crippen LogP contribution in [0.5, 0.6) is 0 Å². The molecule has 0 spiro atoms. The predicted molar refractivity (Wildman–Crippen MR) is 147 cm³/mol. The van der Waals surface area contributed by atoms with Crippen LogP contribution in [0.4, 0.5) is 17.2 Å². The third-order valence-corrected chi connectivity index (χ3v) is 7.02. The van der Waals surface area contributed by atoms with Crippen molar-refractivity contribution in [1.29, 1.82) is 0 Å². The van der Waals surface area contributed by atoms with Gasteiger partial charge in [-0.3, -0.25) is 9.59 Å². The first kappa shape index (κ1) is 24.6. The van der Waals surface area contributed by atoms with E-state index in [0.29, 0.717) is 54.7 Å². The molecule has 3 aromatic heterocycles. The highest BCUT2D eigenvalue weighted by Gasteiger charge is 2.19. The van der Waals surface area contributed by atoms with Gasteiger partial charge in [0.05, 0.1) is 18.9 Å². The van der Waals surface area contributed by atoms with Gasteiger partial charge in [0.2, 0.25) is 0 Å². The normalized spacial score (nSPS) is 13.4. The van der Waals surface area contributed by atoms with Crippen molar-refractivity contribution >= 4 is 46.2 Å². The highest BCUT2D eigenvalue weighted by molar-refractivity contribution is 7.03. The molecule has 2 N–H and O–H groups in total. The van der Waals surface area contributed by atoms with E-state index in [1.54, 1.807) is 28.6 Å². The lowest BCUT2D eigenvalue weighted by Crippen LogP contribution is -2.40. The Morgan fingerprint density at radius 2 is 1.90 bits per heavy atom. The summed E-state index contributed by atoms with van der Waals surface area (Å²) in [5, 5.41) is 11.7. The van der Waals surface area contributed by atoms with E-state index in [-0.39, 0.29) is 17.5 Å². The van der Waals surface area contributed by atoms with E-state index in [1.165, 1.54) is 0 Å². The number of imidazole rings is 1. The fourth-order valence-corrected chi connectivity index (χ4v) is 4.86. The van der Waals surface area contributed by atoms with E-state index in [4.69, 9.17) is 9.72 Å². The number of aromatic nitrogens is 5. The molecule has 0 aliphatic carbocycles. The van der Waals surface area contributed by atoms with Gasteiger partial charge in [-0.2, -0.15) is 0 Å². The van der Waals surface area contributed by atoms with Crippen LogP contribution < -0.4 is 10.6 Å². The van der Waals surface area contributed by atoms with Crippen LogP contribution in [0.2, 0.25) is 0 Å². The van der Waals surface area contributed by atoms with Gasteiger partial charge in [0.15, 0.2) is 17.2 Å². The van der Waals surface area contributed by atoms with Crippen LogP contribution in [0.3, 0.4) is 0 Å². The van der Waals surface area contributed by atoms with Crippen LogP contribution in [0, 0.1) is 6.92 Å². The summed E-state index contributed by atoms with van der Waals surface area (Å²) in [6.07, 6.45) is 5.46. The summed E-state index contributed by atoms with van der Waals surface area (Å²) in [6, 6.07) is 13.0. The SMILES string of the molecule is Cc1c(NC(=O)c2csnn2)cccc1-c1cn2ccnc2c(Nc2ccc(C(=O)N3CCOCC3)cc2)n1. The van der Waals surface area contributed by atoms with Gasteiger partial charge in [-0.05, 0) is 54.4 Å². The van der Waals surface area contributed by atoms with Crippen molar-refractivity contribution in [3.05, 3.63) is 83.3 Å². The molecule has 39 heavy (non-hydrogen) atoms. The maximum Gasteiger partial charge on any atom is 0.277 e. The minimum atomic E-state index is -0.320. The monoisotopic (exact) mass is 540 g/mol. The van der Waals surface area contributed by atoms with Crippen molar-refractivity contribution in [2.24, 2.45) is 0 Å². The van der Waals surface area contributed by atoms with E-state index in [2.05, 4.69) is 25.2 Å². The van der Waals surface area contributed by atoms with E-state index in [1.807, 2.05) is 54.0 Å². The smallest absolute Gasteiger partial charge is 0.277 e. The van der Waals surface area contributed by atoms with Gasteiger partial charge in [0, 0.05) is 59.6 Å². The summed E-state index contributed by atoms with van der Waals surface area (Å²) >= 11 is 1.12. The molecule has 1 saturated heterocycles. The quantitative estimate of drug-likeness (QED) is 0.331. The molecular weight excluding hydrogens is 516 g/mol. The van der Waals surface area contributed by atoms with Gasteiger partial charge in [-0.25, -0.2) is 9.97 Å². The molecular formula is C27H24N8O3S. The number of carbonyl (C=O) groups excluding carboxylic acids is 2. The summed E-state index contributed by atoms with van der Waals surface area (Å²) < 4.78 is 11.0. The molecule has 5 aromatic rings. The number of ether oxygens (including phenoxy) is 1. The Morgan fingerprint density at radius 1 is 1.08 bits per heavy atom. The van der Waals surface area contributed by atoms with Gasteiger partial charge >= 0.3 is 0 Å². The second kappa shape index (κ2) is 10.6. The number of anilines is 3. The topological polar surface area (TPSA) is 127 Å². The zero-order valence-electron chi connectivity index (χ0n) is 21.0. The summed E-state index contributed by atoms with van der Waals surface area (Å²) in [6.45, 7) is 4.25. The summed E-state index contributed by atoms with van der Waals surface area (Å²) in [4.78, 5) is 36.5. The van der Waals surface area contributed by atoms with Gasteiger partial charge in [0.25, 0.3) is 11.8 Å². The number of rotatable bonds is 6. The van der Waals surface area contributed by atoms with Crippen LogP contribution in [-0.4, -0.2) is 67.0 Å². The number of morpholine rings is 1. The molecule has 1 fully saturated rings. The Morgan fingerprint density at radius 3 is 2.67 bits per heavy atom. The molecule has 0 bridgehead atoms. The molecule has 6 rings (SSSR count). The van der Waals surface area contributed by atoms with Crippen molar-refractivity contribution < 1.29 is 14.3 Å². The molecule has 0 saturated carbocycles. The molecule has 1 aliphatic rings. The number of benzene rings is 2. The largest absolute Gasteiger partial charge is 0.378 e. The molecule has 12 heteroatoms. The lowest BCUT2D eigenvalue weighted by molar-refractivity contribution is 0.0303. The van der Waals surface area contributed by atoms with Gasteiger partial charge < -0.3 is 24.7 Å². The first-order valence-corrected chi connectivity index (χ1v) is 13.2. The Kier molecular flexibility index (Phi) is 6.69. The van der Waals surface area contributed by atoms with E-state index in [9.17, 15) is 9.59 Å². The van der Waals surface area contributed by atoms with Crippen LogP contribution in [0.1, 0.15) is 26.4 Å². The fraction of sp³-hybridized carbons (Fsp3) is 0.185. The minimum Gasteiger partial charge on any atom is -0.378 e. The van der Waals surface area contributed by atoms with Gasteiger partial charge in [-0.15, -0.1) is 5.10 Å². The van der Waals surface area contributed by atoms with Crippen molar-refractivity contribution in [3.8, 4) is 11.3 Å². The molecule has 2 amide bonds. The maximum absolute atomic E-state index is 12.8. The zero-order valence-corrected chi connectivity index (χ0v) is 21.8. The van der Waals surface area contributed by atoms with Crippen molar-refractivity contribution in [3.63, 3.8) is 0 Å². The molecule has 1 aliphatic heterocycles. The maximum atomic E-state index is 12.8. The average molecular weight is 541 g/mol. The number of nitrogens with zero attached hydrogens (tertiary/aromatic N) is 6. The van der Waals surface area contributed by atoms with Gasteiger partial charge in [0.1, 0.15) is 0 Å². The zero-order chi connectivity index (χ0) is 26.8. The lowest BCUT2D eigenvalue weighted by atomic mass is 10.0. The highest BCUT2D eigenvalue weighted by Crippen LogP contribution is 2.30. The standard InChI is InChI=1S/C27H24N8O3S/c1-17-20(3-2-4-21(17)31-26(36)23-16-39-33-32-23)22-15-35-10-9-28-25(35)24(30-22)29-19-7-5-18(6-8-19)27(37)34-11-13-38-14-12-34/h2-10,15-16H,11-14H2,1H3,(H,29,30)(H,31,36). The number of fused-ring (bicyclic) bond motifs is 1. The summed E-state index contributed by atoms with van der Waals surface area (Å²) in [5.41, 5.74) is 5.40. The van der Waals surface area contributed by atoms with E-state index in [0.717, 1.165) is 28.3 Å². The van der Waals surface area contributed by atoms with Crippen LogP contribution in [0.25, 0.3) is 16.9 Å². The first-order chi connectivity index (χ1) is 19.1. The number of nitrogens with one attached hydrogen (secondary N) is 2. The lowest BCUT2D eigenvalue weighted by Gasteiger charge is -2.26. The Hall–Kier alpha value is -4.68. The Balaban J connectivity index is 1.27. The fourth-order valence-electron chi connectivity index (χ4n) is 4.43. The second-order valence-corrected chi connectivity index (χ2v) is 9.57. The third kappa shape index (κ3) is 5.07. The number of carbonyl (C=O) groups is 2. The van der Waals surface area contributed by atoms with Crippen molar-refractivity contribution in [2.75, 3.05) is 36.9 Å². The van der Waals surface area contributed by atoms with Crippen LogP contribution >= 0.6 is 11.5 Å². The molecule has 0 unspecified atom stereocenters. The molecule has 11 nitrogen and oxygen atoms in total. The number of hydrogen-bond acceptors (Lipinski definition) is 9. The number of hydrogen-bond donors (Lipinski definition) is 2. The highest BCUT2D eigenvalue weighted by atomic mass is 32.1. The Bertz CT molecular complexity index is 1640. The van der Waals surface area contributed by atoms with E-state index < -0.39 is 0 Å². The van der Waals surface area contributed by atoms with Gasteiger partial charge in [-0.1, -0.05) is 16.6 Å². The first-order valence-electron chi connectivity index (χ1n) is 12.3. The Labute approximate surface area is 227 Å². The third-order valence-electron chi connectivity index (χ3n) is 6.52. The molecule has 2 aromatic carbocycles.